The van der Waals surface area contributed by atoms with Gasteiger partial charge in [0, 0.05) is 33.3 Å². The van der Waals surface area contributed by atoms with Gasteiger partial charge in [0.25, 0.3) is 0 Å². The van der Waals surface area contributed by atoms with Crippen molar-refractivity contribution >= 4 is 21.4 Å². The van der Waals surface area contributed by atoms with Gasteiger partial charge in [-0.15, -0.1) is 0 Å². The highest BCUT2D eigenvalue weighted by molar-refractivity contribution is 7.91. The van der Waals surface area contributed by atoms with Crippen molar-refractivity contribution in [2.24, 2.45) is 0 Å². The standard InChI is InChI=1S/C19H24N2O4S/c1-14(22)20-13-19(15-5-7-16(8-6-15)21(2)3)26(23,24)18-11-9-17(25-4)10-12-18/h5-12,19H,13H2,1-4H3,(H,20,22)/t19-/m0/s1. The van der Waals surface area contributed by atoms with Crippen LogP contribution in [-0.4, -0.2) is 42.1 Å². The molecular formula is C19H24N2O4S. The third kappa shape index (κ3) is 4.54. The third-order valence-corrected chi connectivity index (χ3v) is 6.20. The highest BCUT2D eigenvalue weighted by atomic mass is 32.2. The Morgan fingerprint density at radius 1 is 1.08 bits per heavy atom. The fourth-order valence-electron chi connectivity index (χ4n) is 2.56. The van der Waals surface area contributed by atoms with Crippen molar-refractivity contribution in [1.82, 2.24) is 5.32 Å². The number of methoxy groups -OCH3 is 1. The van der Waals surface area contributed by atoms with E-state index < -0.39 is 15.1 Å². The van der Waals surface area contributed by atoms with Gasteiger partial charge in [0.1, 0.15) is 11.0 Å². The lowest BCUT2D eigenvalue weighted by Gasteiger charge is -2.20. The highest BCUT2D eigenvalue weighted by Crippen LogP contribution is 2.30. The summed E-state index contributed by atoms with van der Waals surface area (Å²) < 4.78 is 31.4. The lowest BCUT2D eigenvalue weighted by Crippen LogP contribution is -2.30. The molecule has 2 aromatic rings. The molecule has 1 atom stereocenters. The van der Waals surface area contributed by atoms with Gasteiger partial charge < -0.3 is 15.0 Å². The summed E-state index contributed by atoms with van der Waals surface area (Å²) in [6.07, 6.45) is 0. The van der Waals surface area contributed by atoms with Gasteiger partial charge in [0.05, 0.1) is 12.0 Å². The van der Waals surface area contributed by atoms with E-state index in [0.29, 0.717) is 11.3 Å². The molecule has 1 amide bonds. The van der Waals surface area contributed by atoms with E-state index >= 15 is 0 Å². The molecule has 0 aliphatic rings. The number of hydrogen-bond donors (Lipinski definition) is 1. The van der Waals surface area contributed by atoms with Gasteiger partial charge in [-0.25, -0.2) is 8.42 Å². The van der Waals surface area contributed by atoms with Crippen LogP contribution < -0.4 is 15.0 Å². The van der Waals surface area contributed by atoms with Crippen LogP contribution in [0.3, 0.4) is 0 Å². The van der Waals surface area contributed by atoms with Gasteiger partial charge in [-0.2, -0.15) is 0 Å². The predicted molar refractivity (Wildman–Crippen MR) is 102 cm³/mol. The molecule has 140 valence electrons. The Hall–Kier alpha value is -2.54. The second kappa shape index (κ2) is 8.23. The first-order valence-electron chi connectivity index (χ1n) is 8.15. The van der Waals surface area contributed by atoms with Crippen molar-refractivity contribution in [2.45, 2.75) is 17.1 Å². The molecule has 0 aliphatic heterocycles. The predicted octanol–water partition coefficient (Wildman–Crippen LogP) is 2.41. The van der Waals surface area contributed by atoms with Crippen LogP contribution in [0.15, 0.2) is 53.4 Å². The largest absolute Gasteiger partial charge is 0.497 e. The Morgan fingerprint density at radius 2 is 1.65 bits per heavy atom. The number of benzene rings is 2. The first kappa shape index (κ1) is 19.8. The number of rotatable bonds is 7. The number of carbonyl (C=O) groups is 1. The summed E-state index contributed by atoms with van der Waals surface area (Å²) in [5.41, 5.74) is 1.59. The second-order valence-electron chi connectivity index (χ2n) is 6.13. The lowest BCUT2D eigenvalue weighted by molar-refractivity contribution is -0.118. The van der Waals surface area contributed by atoms with Crippen LogP contribution in [0.5, 0.6) is 5.75 Å². The molecule has 2 rings (SSSR count). The fourth-order valence-corrected chi connectivity index (χ4v) is 4.22. The molecule has 6 nitrogen and oxygen atoms in total. The molecule has 1 N–H and O–H groups in total. The fraction of sp³-hybridized carbons (Fsp3) is 0.316. The zero-order chi connectivity index (χ0) is 19.3. The molecule has 0 spiro atoms. The molecule has 0 fully saturated rings. The molecule has 0 saturated heterocycles. The maximum atomic E-state index is 13.2. The second-order valence-corrected chi connectivity index (χ2v) is 8.26. The first-order chi connectivity index (χ1) is 12.3. The van der Waals surface area contributed by atoms with Crippen LogP contribution in [0, 0.1) is 0 Å². The number of ether oxygens (including phenoxy) is 1. The van der Waals surface area contributed by atoms with Gasteiger partial charge in [-0.05, 0) is 42.0 Å². The van der Waals surface area contributed by atoms with Crippen molar-refractivity contribution in [2.75, 3.05) is 32.6 Å². The summed E-state index contributed by atoms with van der Waals surface area (Å²) in [6, 6.07) is 13.5. The van der Waals surface area contributed by atoms with E-state index in [2.05, 4.69) is 5.32 Å². The summed E-state index contributed by atoms with van der Waals surface area (Å²) in [5.74, 6) is 0.308. The summed E-state index contributed by atoms with van der Waals surface area (Å²) in [7, 11) is 1.66. The Morgan fingerprint density at radius 3 is 2.12 bits per heavy atom. The van der Waals surface area contributed by atoms with Gasteiger partial charge in [-0.1, -0.05) is 12.1 Å². The Balaban J connectivity index is 2.42. The lowest BCUT2D eigenvalue weighted by atomic mass is 10.1. The van der Waals surface area contributed by atoms with E-state index in [4.69, 9.17) is 4.74 Å². The highest BCUT2D eigenvalue weighted by Gasteiger charge is 2.29. The maximum Gasteiger partial charge on any atom is 0.216 e. The average molecular weight is 376 g/mol. The number of sulfone groups is 1. The van der Waals surface area contributed by atoms with E-state index in [-0.39, 0.29) is 17.3 Å². The maximum absolute atomic E-state index is 13.2. The van der Waals surface area contributed by atoms with Crippen LogP contribution in [0.1, 0.15) is 17.7 Å². The van der Waals surface area contributed by atoms with E-state index in [1.54, 1.807) is 24.3 Å². The van der Waals surface area contributed by atoms with Crippen LogP contribution in [0.4, 0.5) is 5.69 Å². The van der Waals surface area contributed by atoms with E-state index in [1.807, 2.05) is 31.1 Å². The minimum absolute atomic E-state index is 0.00497. The number of amides is 1. The SMILES string of the molecule is COc1ccc(S(=O)(=O)[C@@H](CNC(C)=O)c2ccc(N(C)C)cc2)cc1. The van der Waals surface area contributed by atoms with Gasteiger partial charge in [0.15, 0.2) is 9.84 Å². The summed E-state index contributed by atoms with van der Waals surface area (Å²) >= 11 is 0. The molecule has 0 bridgehead atoms. The van der Waals surface area contributed by atoms with E-state index in [1.165, 1.54) is 26.2 Å². The number of carbonyl (C=O) groups excluding carboxylic acids is 1. The number of anilines is 1. The molecule has 0 aliphatic carbocycles. The zero-order valence-corrected chi connectivity index (χ0v) is 16.2. The third-order valence-electron chi connectivity index (χ3n) is 4.08. The first-order valence-corrected chi connectivity index (χ1v) is 9.70. The van der Waals surface area contributed by atoms with Crippen molar-refractivity contribution in [3.8, 4) is 5.75 Å². The molecule has 0 heterocycles. The number of hydrogen-bond acceptors (Lipinski definition) is 5. The minimum atomic E-state index is -3.69. The van der Waals surface area contributed by atoms with Crippen LogP contribution >= 0.6 is 0 Å². The zero-order valence-electron chi connectivity index (χ0n) is 15.4. The number of nitrogens with one attached hydrogen (secondary N) is 1. The number of nitrogens with zero attached hydrogens (tertiary/aromatic N) is 1. The summed E-state index contributed by atoms with van der Waals surface area (Å²) in [5, 5.41) is 1.75. The molecule has 0 unspecified atom stereocenters. The van der Waals surface area contributed by atoms with Crippen molar-refractivity contribution in [3.63, 3.8) is 0 Å². The van der Waals surface area contributed by atoms with Gasteiger partial charge >= 0.3 is 0 Å². The van der Waals surface area contributed by atoms with Crippen LogP contribution in [-0.2, 0) is 14.6 Å². The normalized spacial score (nSPS) is 12.3. The molecule has 0 radical (unpaired) electrons. The van der Waals surface area contributed by atoms with Gasteiger partial charge in [-0.3, -0.25) is 4.79 Å². The summed E-state index contributed by atoms with van der Waals surface area (Å²) in [4.78, 5) is 13.5. The van der Waals surface area contributed by atoms with Crippen molar-refractivity contribution in [1.29, 1.82) is 0 Å². The molecule has 2 aromatic carbocycles. The topological polar surface area (TPSA) is 75.7 Å². The molecule has 0 aromatic heterocycles. The van der Waals surface area contributed by atoms with E-state index in [9.17, 15) is 13.2 Å². The van der Waals surface area contributed by atoms with Crippen molar-refractivity contribution < 1.29 is 17.9 Å². The smallest absolute Gasteiger partial charge is 0.216 e. The van der Waals surface area contributed by atoms with E-state index in [0.717, 1.165) is 5.69 Å². The Kier molecular flexibility index (Phi) is 6.26. The van der Waals surface area contributed by atoms with Crippen LogP contribution in [0.2, 0.25) is 0 Å². The quantitative estimate of drug-likeness (QED) is 0.803. The Labute approximate surface area is 154 Å². The minimum Gasteiger partial charge on any atom is -0.497 e. The average Bonchev–Trinajstić information content (AvgIpc) is 2.62. The van der Waals surface area contributed by atoms with Gasteiger partial charge in [0.2, 0.25) is 5.91 Å². The molecule has 0 saturated carbocycles. The molecular weight excluding hydrogens is 352 g/mol. The monoisotopic (exact) mass is 376 g/mol. The van der Waals surface area contributed by atoms with Crippen molar-refractivity contribution in [3.05, 3.63) is 54.1 Å². The van der Waals surface area contributed by atoms with Crippen LogP contribution in [0.25, 0.3) is 0 Å². The summed E-state index contributed by atoms with van der Waals surface area (Å²) in [6.45, 7) is 1.37. The molecule has 26 heavy (non-hydrogen) atoms. The Bertz CT molecular complexity index is 844. The molecule has 7 heteroatoms.